The van der Waals surface area contributed by atoms with Gasteiger partial charge in [-0.15, -0.1) is 0 Å². The molecule has 1 fully saturated rings. The topological polar surface area (TPSA) is 126 Å². The van der Waals surface area contributed by atoms with E-state index in [0.29, 0.717) is 5.02 Å². The Bertz CT molecular complexity index is 1580. The van der Waals surface area contributed by atoms with E-state index in [-0.39, 0.29) is 42.7 Å². The Hall–Kier alpha value is -2.61. The molecule has 0 amide bonds. The molecule has 2 aliphatic rings. The second kappa shape index (κ2) is 9.85. The van der Waals surface area contributed by atoms with Crippen molar-refractivity contribution in [1.29, 1.82) is 0 Å². The van der Waals surface area contributed by atoms with Gasteiger partial charge in [-0.25, -0.2) is 25.6 Å². The fourth-order valence-electron chi connectivity index (χ4n) is 5.30. The third kappa shape index (κ3) is 4.59. The number of aryl methyl sites for hydroxylation is 1. The van der Waals surface area contributed by atoms with E-state index in [0.717, 1.165) is 12.1 Å². The fraction of sp³-hybridized carbons (Fsp3) is 0.417. The van der Waals surface area contributed by atoms with Gasteiger partial charge in [0.2, 0.25) is 5.89 Å². The van der Waals surface area contributed by atoms with Crippen LogP contribution in [0.4, 0.5) is 8.78 Å². The third-order valence-corrected chi connectivity index (χ3v) is 11.3. The van der Waals surface area contributed by atoms with E-state index >= 15 is 4.39 Å². The molecule has 0 aliphatic carbocycles. The normalized spacial score (nSPS) is 23.4. The van der Waals surface area contributed by atoms with Gasteiger partial charge in [0.05, 0.1) is 28.9 Å². The molecule has 0 saturated carbocycles. The predicted molar refractivity (Wildman–Crippen MR) is 131 cm³/mol. The van der Waals surface area contributed by atoms with E-state index < -0.39 is 70.9 Å². The SMILES string of the molecule is Cc1nc(CS(=O)(=O)CCC2OCC[C@@]3(S(=O)(=O)c4ccc(Cl)cc4)c4c(F)ccc(F)c4OC[C@@H]23)no1. The molecule has 2 aliphatic heterocycles. The summed E-state index contributed by atoms with van der Waals surface area (Å²) in [6.07, 6.45) is -1.26. The molecule has 5 rings (SSSR count). The number of hydrogen-bond donors (Lipinski definition) is 0. The molecule has 204 valence electrons. The summed E-state index contributed by atoms with van der Waals surface area (Å²) in [5.74, 6) is -4.00. The lowest BCUT2D eigenvalue weighted by atomic mass is 9.75. The van der Waals surface area contributed by atoms with Gasteiger partial charge in [-0.05, 0) is 49.2 Å². The second-order valence-electron chi connectivity index (χ2n) is 9.27. The smallest absolute Gasteiger partial charge is 0.223 e. The number of aromatic nitrogens is 2. The standard InChI is InChI=1S/C24H23ClF2N2O7S2/c1-14-28-21(29-36-14)13-37(30,31)11-8-20-17-12-35-23-19(27)7-6-18(26)22(23)24(17,9-10-34-20)38(32,33)16-4-2-15(25)3-5-16/h2-7,17,20H,8-13H2,1H3/t17-,20?,24-/m0/s1. The summed E-state index contributed by atoms with van der Waals surface area (Å²) in [6, 6.07) is 7.13. The number of fused-ring (bicyclic) bond motifs is 3. The minimum atomic E-state index is -4.39. The van der Waals surface area contributed by atoms with Crippen molar-refractivity contribution in [3.05, 3.63) is 70.3 Å². The molecule has 1 unspecified atom stereocenters. The lowest BCUT2D eigenvalue weighted by Gasteiger charge is -2.50. The number of hydrogen-bond acceptors (Lipinski definition) is 9. The summed E-state index contributed by atoms with van der Waals surface area (Å²) in [5.41, 5.74) is -0.415. The molecule has 9 nitrogen and oxygen atoms in total. The zero-order valence-electron chi connectivity index (χ0n) is 20.1. The third-order valence-electron chi connectivity index (χ3n) is 6.98. The van der Waals surface area contributed by atoms with Gasteiger partial charge >= 0.3 is 0 Å². The highest BCUT2D eigenvalue weighted by molar-refractivity contribution is 7.92. The molecule has 2 aromatic carbocycles. The van der Waals surface area contributed by atoms with Gasteiger partial charge in [-0.1, -0.05) is 16.8 Å². The van der Waals surface area contributed by atoms with E-state index in [9.17, 15) is 21.2 Å². The van der Waals surface area contributed by atoms with Crippen LogP contribution in [0.5, 0.6) is 5.75 Å². The van der Waals surface area contributed by atoms with Crippen LogP contribution in [0, 0.1) is 24.5 Å². The number of nitrogens with zero attached hydrogens (tertiary/aromatic N) is 2. The molecule has 1 saturated heterocycles. The van der Waals surface area contributed by atoms with Crippen molar-refractivity contribution >= 4 is 31.3 Å². The highest BCUT2D eigenvalue weighted by Gasteiger charge is 2.61. The first kappa shape index (κ1) is 27.0. The minimum absolute atomic E-state index is 0.000742. The molecule has 0 spiro atoms. The zero-order valence-corrected chi connectivity index (χ0v) is 22.5. The maximum atomic E-state index is 15.4. The zero-order chi connectivity index (χ0) is 27.3. The molecule has 3 heterocycles. The van der Waals surface area contributed by atoms with Crippen LogP contribution in [0.1, 0.15) is 30.1 Å². The molecular weight excluding hydrogens is 566 g/mol. The van der Waals surface area contributed by atoms with Gasteiger partial charge in [-0.2, -0.15) is 4.98 Å². The van der Waals surface area contributed by atoms with E-state index in [1.165, 1.54) is 31.2 Å². The van der Waals surface area contributed by atoms with Crippen LogP contribution in [-0.2, 0) is 34.9 Å². The maximum Gasteiger partial charge on any atom is 0.223 e. The molecule has 0 N–H and O–H groups in total. The summed E-state index contributed by atoms with van der Waals surface area (Å²) in [6.45, 7) is 1.07. The maximum absolute atomic E-state index is 15.4. The number of halogens is 3. The average Bonchev–Trinajstić information content (AvgIpc) is 3.28. The Morgan fingerprint density at radius 2 is 1.79 bits per heavy atom. The average molecular weight is 589 g/mol. The van der Waals surface area contributed by atoms with Crippen LogP contribution in [0.3, 0.4) is 0 Å². The Balaban J connectivity index is 1.56. The van der Waals surface area contributed by atoms with E-state index in [1.807, 2.05) is 0 Å². The first-order valence-electron chi connectivity index (χ1n) is 11.7. The lowest BCUT2D eigenvalue weighted by molar-refractivity contribution is -0.0732. The largest absolute Gasteiger partial charge is 0.490 e. The monoisotopic (exact) mass is 588 g/mol. The Kier molecular flexibility index (Phi) is 6.99. The number of benzene rings is 2. The summed E-state index contributed by atoms with van der Waals surface area (Å²) < 4.78 is 98.7. The van der Waals surface area contributed by atoms with Gasteiger partial charge in [0.15, 0.2) is 37.1 Å². The lowest BCUT2D eigenvalue weighted by Crippen LogP contribution is -2.57. The highest BCUT2D eigenvalue weighted by Crippen LogP contribution is 2.56. The Morgan fingerprint density at radius 1 is 1.08 bits per heavy atom. The van der Waals surface area contributed by atoms with Crippen LogP contribution in [0.2, 0.25) is 5.02 Å². The summed E-state index contributed by atoms with van der Waals surface area (Å²) >= 11 is 5.96. The van der Waals surface area contributed by atoms with Crippen molar-refractivity contribution in [2.24, 2.45) is 5.92 Å². The van der Waals surface area contributed by atoms with Crippen LogP contribution in [0.15, 0.2) is 45.8 Å². The van der Waals surface area contributed by atoms with Crippen molar-refractivity contribution < 1.29 is 39.6 Å². The number of ether oxygens (including phenoxy) is 2. The van der Waals surface area contributed by atoms with Crippen molar-refractivity contribution in [2.75, 3.05) is 19.0 Å². The van der Waals surface area contributed by atoms with Crippen LogP contribution in [-0.4, -0.2) is 52.0 Å². The van der Waals surface area contributed by atoms with E-state index in [1.54, 1.807) is 0 Å². The molecule has 0 bridgehead atoms. The highest BCUT2D eigenvalue weighted by atomic mass is 35.5. The predicted octanol–water partition coefficient (Wildman–Crippen LogP) is 3.78. The molecular formula is C24H23ClF2N2O7S2. The first-order chi connectivity index (χ1) is 17.9. The Labute approximate surface area is 222 Å². The Morgan fingerprint density at radius 3 is 2.47 bits per heavy atom. The van der Waals surface area contributed by atoms with Gasteiger partial charge in [-0.3, -0.25) is 0 Å². The van der Waals surface area contributed by atoms with Gasteiger partial charge < -0.3 is 14.0 Å². The van der Waals surface area contributed by atoms with Crippen LogP contribution >= 0.6 is 11.6 Å². The first-order valence-corrected chi connectivity index (χ1v) is 15.4. The molecule has 0 radical (unpaired) electrons. The van der Waals surface area contributed by atoms with E-state index in [2.05, 4.69) is 10.1 Å². The molecule has 1 aromatic heterocycles. The van der Waals surface area contributed by atoms with Gasteiger partial charge in [0.25, 0.3) is 0 Å². The number of rotatable bonds is 7. The molecule has 38 heavy (non-hydrogen) atoms. The van der Waals surface area contributed by atoms with Crippen molar-refractivity contribution in [2.45, 2.75) is 41.3 Å². The van der Waals surface area contributed by atoms with Crippen molar-refractivity contribution in [3.8, 4) is 5.75 Å². The minimum Gasteiger partial charge on any atom is -0.490 e. The molecule has 14 heteroatoms. The van der Waals surface area contributed by atoms with Crippen molar-refractivity contribution in [3.63, 3.8) is 0 Å². The fourth-order valence-corrected chi connectivity index (χ4v) is 9.02. The second-order valence-corrected chi connectivity index (χ2v) is 14.1. The summed E-state index contributed by atoms with van der Waals surface area (Å²) in [4.78, 5) is 3.77. The molecule has 3 aromatic rings. The van der Waals surface area contributed by atoms with Gasteiger partial charge in [0, 0.05) is 24.5 Å². The van der Waals surface area contributed by atoms with E-state index in [4.69, 9.17) is 25.6 Å². The summed E-state index contributed by atoms with van der Waals surface area (Å²) in [5, 5.41) is 3.91. The molecule has 3 atom stereocenters. The number of sulfone groups is 2. The van der Waals surface area contributed by atoms with Crippen LogP contribution in [0.25, 0.3) is 0 Å². The quantitative estimate of drug-likeness (QED) is 0.405. The summed E-state index contributed by atoms with van der Waals surface area (Å²) in [7, 11) is -8.14. The van der Waals surface area contributed by atoms with Gasteiger partial charge in [0.1, 0.15) is 16.3 Å². The van der Waals surface area contributed by atoms with Crippen molar-refractivity contribution in [1.82, 2.24) is 10.1 Å². The van der Waals surface area contributed by atoms with Crippen LogP contribution < -0.4 is 4.74 Å².